The molecule has 23 heavy (non-hydrogen) atoms. The first kappa shape index (κ1) is 19.4. The second-order valence-corrected chi connectivity index (χ2v) is 6.69. The molecule has 1 aliphatic rings. The summed E-state index contributed by atoms with van der Waals surface area (Å²) in [7, 11) is 0. The topological polar surface area (TPSA) is 66.4 Å². The molecule has 1 aliphatic heterocycles. The summed E-state index contributed by atoms with van der Waals surface area (Å²) in [4.78, 5) is 24.3. The van der Waals surface area contributed by atoms with Crippen LogP contribution in [0.1, 0.15) is 60.3 Å². The maximum Gasteiger partial charge on any atom is 0.263 e. The number of nitrogens with one attached hydrogen (secondary N) is 1. The predicted octanol–water partition coefficient (Wildman–Crippen LogP) is 3.43. The third-order valence-corrected chi connectivity index (χ3v) is 3.90. The van der Waals surface area contributed by atoms with Gasteiger partial charge in [0.05, 0.1) is 0 Å². The fourth-order valence-electron chi connectivity index (χ4n) is 2.44. The van der Waals surface area contributed by atoms with Crippen LogP contribution in [0.25, 0.3) is 0 Å². The SMILES string of the molecule is CCCC1=C(C/C=C(\C)C/C=C/C(C)C)NC(=O)[C@](C)(O)C1=O. The molecule has 4 nitrogen and oxygen atoms in total. The Labute approximate surface area is 139 Å². The number of carbonyl (C=O) groups excluding carboxylic acids is 2. The largest absolute Gasteiger partial charge is 0.373 e. The number of carbonyl (C=O) groups is 2. The standard InChI is InChI=1S/C19H29NO3/c1-6-8-15-16(20-18(22)19(5,23)17(15)21)12-11-14(4)10-7-9-13(2)3/h7,9,11,13,23H,6,8,10,12H2,1-5H3,(H,20,22)/b9-7+,14-11+/t19-/m1/s1. The van der Waals surface area contributed by atoms with Crippen LogP contribution in [0.15, 0.2) is 35.1 Å². The predicted molar refractivity (Wildman–Crippen MR) is 92.7 cm³/mol. The third kappa shape index (κ3) is 5.17. The van der Waals surface area contributed by atoms with Gasteiger partial charge in [-0.3, -0.25) is 9.59 Å². The molecule has 0 spiro atoms. The Hall–Kier alpha value is -1.68. The maximum atomic E-state index is 12.3. The molecule has 4 heteroatoms. The number of aliphatic hydroxyl groups is 1. The van der Waals surface area contributed by atoms with Crippen molar-refractivity contribution < 1.29 is 14.7 Å². The molecule has 0 saturated carbocycles. The van der Waals surface area contributed by atoms with Gasteiger partial charge < -0.3 is 10.4 Å². The van der Waals surface area contributed by atoms with E-state index in [-0.39, 0.29) is 0 Å². The van der Waals surface area contributed by atoms with E-state index in [9.17, 15) is 14.7 Å². The molecule has 128 valence electrons. The highest BCUT2D eigenvalue weighted by atomic mass is 16.3. The van der Waals surface area contributed by atoms with Gasteiger partial charge in [0.15, 0.2) is 0 Å². The van der Waals surface area contributed by atoms with Crippen molar-refractivity contribution in [2.24, 2.45) is 5.92 Å². The Balaban J connectivity index is 2.92. The average Bonchev–Trinajstić information content (AvgIpc) is 2.46. The van der Waals surface area contributed by atoms with E-state index in [0.717, 1.165) is 12.8 Å². The van der Waals surface area contributed by atoms with Crippen molar-refractivity contribution in [3.8, 4) is 0 Å². The van der Waals surface area contributed by atoms with Gasteiger partial charge in [0.25, 0.3) is 5.91 Å². The van der Waals surface area contributed by atoms with Crippen LogP contribution in [0.2, 0.25) is 0 Å². The quantitative estimate of drug-likeness (QED) is 0.558. The van der Waals surface area contributed by atoms with Gasteiger partial charge in [0.1, 0.15) is 0 Å². The summed E-state index contributed by atoms with van der Waals surface area (Å²) in [5.74, 6) is -0.578. The van der Waals surface area contributed by atoms with Gasteiger partial charge in [-0.15, -0.1) is 0 Å². The van der Waals surface area contributed by atoms with E-state index in [2.05, 4.69) is 31.3 Å². The summed E-state index contributed by atoms with van der Waals surface area (Å²) in [6, 6.07) is 0. The van der Waals surface area contributed by atoms with Gasteiger partial charge >= 0.3 is 0 Å². The molecule has 1 heterocycles. The Morgan fingerprint density at radius 3 is 2.57 bits per heavy atom. The second-order valence-electron chi connectivity index (χ2n) is 6.69. The summed E-state index contributed by atoms with van der Waals surface area (Å²) in [5, 5.41) is 12.8. The lowest BCUT2D eigenvalue weighted by molar-refractivity contribution is -0.149. The van der Waals surface area contributed by atoms with E-state index in [0.29, 0.717) is 30.0 Å². The zero-order valence-electron chi connectivity index (χ0n) is 14.9. The highest BCUT2D eigenvalue weighted by Gasteiger charge is 2.44. The van der Waals surface area contributed by atoms with Crippen molar-refractivity contribution in [1.82, 2.24) is 5.32 Å². The molecule has 0 radical (unpaired) electrons. The van der Waals surface area contributed by atoms with Crippen LogP contribution in [-0.2, 0) is 9.59 Å². The van der Waals surface area contributed by atoms with Crippen LogP contribution in [-0.4, -0.2) is 22.4 Å². The lowest BCUT2D eigenvalue weighted by Gasteiger charge is -2.29. The minimum atomic E-state index is -1.95. The van der Waals surface area contributed by atoms with Crippen LogP contribution in [0, 0.1) is 5.92 Å². The first-order valence-corrected chi connectivity index (χ1v) is 8.33. The number of ketones is 1. The maximum absolute atomic E-state index is 12.3. The van der Waals surface area contributed by atoms with Crippen LogP contribution in [0.3, 0.4) is 0 Å². The second kappa shape index (κ2) is 8.25. The summed E-state index contributed by atoms with van der Waals surface area (Å²) in [5.41, 5.74) is 0.399. The Kier molecular flexibility index (Phi) is 6.95. The van der Waals surface area contributed by atoms with Crippen LogP contribution in [0.5, 0.6) is 0 Å². The lowest BCUT2D eigenvalue weighted by atomic mass is 9.86. The highest BCUT2D eigenvalue weighted by molar-refractivity contribution is 6.19. The average molecular weight is 319 g/mol. The summed E-state index contributed by atoms with van der Waals surface area (Å²) >= 11 is 0. The number of hydrogen-bond acceptors (Lipinski definition) is 3. The molecule has 2 N–H and O–H groups in total. The molecular formula is C19H29NO3. The van der Waals surface area contributed by atoms with Gasteiger partial charge in [-0.2, -0.15) is 0 Å². The highest BCUT2D eigenvalue weighted by Crippen LogP contribution is 2.26. The van der Waals surface area contributed by atoms with Gasteiger partial charge in [0, 0.05) is 17.7 Å². The molecule has 1 rings (SSSR count). The van der Waals surface area contributed by atoms with Crippen LogP contribution >= 0.6 is 0 Å². The van der Waals surface area contributed by atoms with Gasteiger partial charge in [-0.05, 0) is 32.6 Å². The first-order chi connectivity index (χ1) is 10.7. The van der Waals surface area contributed by atoms with Gasteiger partial charge in [0.2, 0.25) is 11.4 Å². The summed E-state index contributed by atoms with van der Waals surface area (Å²) in [6.07, 6.45) is 9.03. The normalized spacial score (nSPS) is 23.2. The minimum absolute atomic E-state index is 0.469. The molecule has 0 aromatic rings. The Bertz CT molecular complexity index is 551. The van der Waals surface area contributed by atoms with Crippen molar-refractivity contribution in [2.75, 3.05) is 0 Å². The van der Waals surface area contributed by atoms with E-state index < -0.39 is 17.3 Å². The van der Waals surface area contributed by atoms with Crippen molar-refractivity contribution in [1.29, 1.82) is 0 Å². The smallest absolute Gasteiger partial charge is 0.263 e. The van der Waals surface area contributed by atoms with E-state index in [1.54, 1.807) is 0 Å². The molecule has 0 bridgehead atoms. The number of amides is 1. The van der Waals surface area contributed by atoms with Crippen LogP contribution in [0.4, 0.5) is 0 Å². The van der Waals surface area contributed by atoms with Crippen molar-refractivity contribution in [3.63, 3.8) is 0 Å². The van der Waals surface area contributed by atoms with Crippen molar-refractivity contribution in [3.05, 3.63) is 35.1 Å². The molecule has 1 amide bonds. The fraction of sp³-hybridized carbons (Fsp3) is 0.579. The van der Waals surface area contributed by atoms with E-state index in [4.69, 9.17) is 0 Å². The number of Topliss-reactive ketones (excluding diaryl/α,β-unsaturated/α-hetero) is 1. The minimum Gasteiger partial charge on any atom is -0.373 e. The molecular weight excluding hydrogens is 290 g/mol. The fourth-order valence-corrected chi connectivity index (χ4v) is 2.44. The molecule has 0 fully saturated rings. The Morgan fingerprint density at radius 1 is 1.35 bits per heavy atom. The van der Waals surface area contributed by atoms with Crippen molar-refractivity contribution in [2.45, 2.75) is 65.9 Å². The first-order valence-electron chi connectivity index (χ1n) is 8.33. The van der Waals surface area contributed by atoms with E-state index in [1.165, 1.54) is 12.5 Å². The lowest BCUT2D eigenvalue weighted by Crippen LogP contribution is -2.54. The van der Waals surface area contributed by atoms with E-state index in [1.807, 2.05) is 19.9 Å². The molecule has 0 aromatic heterocycles. The van der Waals surface area contributed by atoms with Gasteiger partial charge in [-0.1, -0.05) is 51.0 Å². The molecule has 0 aromatic carbocycles. The number of hydrogen-bond donors (Lipinski definition) is 2. The Morgan fingerprint density at radius 2 is 2.00 bits per heavy atom. The zero-order valence-corrected chi connectivity index (χ0v) is 14.9. The summed E-state index contributed by atoms with van der Waals surface area (Å²) in [6.45, 7) is 9.53. The zero-order chi connectivity index (χ0) is 17.6. The van der Waals surface area contributed by atoms with E-state index >= 15 is 0 Å². The van der Waals surface area contributed by atoms with Crippen LogP contribution < -0.4 is 5.32 Å². The third-order valence-electron chi connectivity index (χ3n) is 3.90. The molecule has 0 unspecified atom stereocenters. The molecule has 0 saturated heterocycles. The number of allylic oxidation sites excluding steroid dienone is 4. The summed E-state index contributed by atoms with van der Waals surface area (Å²) < 4.78 is 0. The molecule has 0 aliphatic carbocycles. The molecule has 1 atom stereocenters. The van der Waals surface area contributed by atoms with Gasteiger partial charge in [-0.25, -0.2) is 0 Å². The van der Waals surface area contributed by atoms with Crippen molar-refractivity contribution >= 4 is 11.7 Å². The monoisotopic (exact) mass is 319 g/mol. The number of rotatable bonds is 7.